The van der Waals surface area contributed by atoms with Gasteiger partial charge in [0.05, 0.1) is 10.8 Å². The molecule has 1 fully saturated rings. The third kappa shape index (κ3) is 2.86. The van der Waals surface area contributed by atoms with E-state index in [1.807, 2.05) is 19.9 Å². The molecular formula is C14H19NO4S. The number of carboxylic acid groups (broad SMARTS) is 1. The topological polar surface area (TPSA) is 83.5 Å². The highest BCUT2D eigenvalue weighted by Crippen LogP contribution is 2.33. The lowest BCUT2D eigenvalue weighted by molar-refractivity contribution is -0.141. The summed E-state index contributed by atoms with van der Waals surface area (Å²) >= 11 is 0. The molecule has 2 rings (SSSR count). The van der Waals surface area contributed by atoms with Crippen LogP contribution < -0.4 is 5.32 Å². The lowest BCUT2D eigenvalue weighted by Gasteiger charge is -2.17. The van der Waals surface area contributed by atoms with E-state index in [1.54, 1.807) is 6.07 Å². The Hall–Kier alpha value is -1.40. The van der Waals surface area contributed by atoms with Gasteiger partial charge in [-0.25, -0.2) is 8.42 Å². The van der Waals surface area contributed by atoms with E-state index in [1.165, 1.54) is 6.26 Å². The minimum Gasteiger partial charge on any atom is -0.481 e. The monoisotopic (exact) mass is 297 g/mol. The van der Waals surface area contributed by atoms with Gasteiger partial charge in [0.15, 0.2) is 9.84 Å². The van der Waals surface area contributed by atoms with E-state index < -0.39 is 21.7 Å². The highest BCUT2D eigenvalue weighted by Gasteiger charge is 2.32. The second-order valence-corrected chi connectivity index (χ2v) is 7.46. The summed E-state index contributed by atoms with van der Waals surface area (Å²) in [6.07, 6.45) is 1.60. The van der Waals surface area contributed by atoms with Gasteiger partial charge in [0.1, 0.15) is 0 Å². The average molecular weight is 297 g/mol. The normalized spacial score (nSPS) is 22.9. The molecule has 1 aromatic rings. The number of aliphatic carboxylic acids is 1. The van der Waals surface area contributed by atoms with Crippen molar-refractivity contribution in [3.63, 3.8) is 0 Å². The summed E-state index contributed by atoms with van der Waals surface area (Å²) in [7, 11) is -3.34. The molecule has 0 aliphatic carbocycles. The maximum atomic E-state index is 11.9. The van der Waals surface area contributed by atoms with Gasteiger partial charge in [-0.15, -0.1) is 0 Å². The standard InChI is InChI=1S/C14H19NO4S/c1-8-4-11(12-6-10(7-15-12)14(16)17)13(5-9(8)2)20(3,18)19/h4-5,10,12,15H,6-7H2,1-3H3,(H,16,17). The number of carboxylic acids is 1. The third-order valence-electron chi connectivity index (χ3n) is 3.88. The summed E-state index contributed by atoms with van der Waals surface area (Å²) in [5.41, 5.74) is 2.61. The average Bonchev–Trinajstić information content (AvgIpc) is 2.80. The quantitative estimate of drug-likeness (QED) is 0.882. The molecule has 2 atom stereocenters. The van der Waals surface area contributed by atoms with Crippen LogP contribution in [-0.2, 0) is 14.6 Å². The molecule has 1 aromatic carbocycles. The Morgan fingerprint density at radius 3 is 2.40 bits per heavy atom. The van der Waals surface area contributed by atoms with Crippen LogP contribution in [0.15, 0.2) is 17.0 Å². The highest BCUT2D eigenvalue weighted by atomic mass is 32.2. The van der Waals surface area contributed by atoms with Crippen molar-refractivity contribution >= 4 is 15.8 Å². The minimum atomic E-state index is -3.34. The molecule has 20 heavy (non-hydrogen) atoms. The van der Waals surface area contributed by atoms with Gasteiger partial charge in [0.25, 0.3) is 0 Å². The molecule has 1 aliphatic heterocycles. The molecule has 0 spiro atoms. The maximum absolute atomic E-state index is 11.9. The van der Waals surface area contributed by atoms with Crippen LogP contribution in [0.3, 0.4) is 0 Å². The van der Waals surface area contributed by atoms with Crippen molar-refractivity contribution in [2.75, 3.05) is 12.8 Å². The van der Waals surface area contributed by atoms with Gasteiger partial charge < -0.3 is 10.4 Å². The van der Waals surface area contributed by atoms with Gasteiger partial charge >= 0.3 is 5.97 Å². The fraction of sp³-hybridized carbons (Fsp3) is 0.500. The Morgan fingerprint density at radius 2 is 1.90 bits per heavy atom. The lowest BCUT2D eigenvalue weighted by atomic mass is 9.97. The Balaban J connectivity index is 2.47. The molecule has 0 radical (unpaired) electrons. The Morgan fingerprint density at radius 1 is 1.30 bits per heavy atom. The molecule has 2 N–H and O–H groups in total. The van der Waals surface area contributed by atoms with E-state index in [4.69, 9.17) is 5.11 Å². The molecule has 0 aromatic heterocycles. The van der Waals surface area contributed by atoms with Crippen LogP contribution in [0.1, 0.15) is 29.2 Å². The van der Waals surface area contributed by atoms with Crippen molar-refractivity contribution in [2.45, 2.75) is 31.2 Å². The molecule has 110 valence electrons. The van der Waals surface area contributed by atoms with Crippen LogP contribution >= 0.6 is 0 Å². The zero-order chi connectivity index (χ0) is 15.1. The van der Waals surface area contributed by atoms with Crippen LogP contribution in [0.2, 0.25) is 0 Å². The SMILES string of the molecule is Cc1cc(C2CC(C(=O)O)CN2)c(S(C)(=O)=O)cc1C. The van der Waals surface area contributed by atoms with Gasteiger partial charge in [0, 0.05) is 18.8 Å². The van der Waals surface area contributed by atoms with Gasteiger partial charge in [-0.05, 0) is 43.0 Å². The van der Waals surface area contributed by atoms with Crippen LogP contribution in [-0.4, -0.2) is 32.3 Å². The molecule has 2 unspecified atom stereocenters. The van der Waals surface area contributed by atoms with Gasteiger partial charge in [-0.1, -0.05) is 6.07 Å². The first-order chi connectivity index (χ1) is 9.20. The number of hydrogen-bond acceptors (Lipinski definition) is 4. The van der Waals surface area contributed by atoms with E-state index in [9.17, 15) is 13.2 Å². The number of rotatable bonds is 3. The van der Waals surface area contributed by atoms with E-state index in [0.29, 0.717) is 23.4 Å². The van der Waals surface area contributed by atoms with Crippen molar-refractivity contribution in [3.05, 3.63) is 28.8 Å². The molecule has 0 saturated carbocycles. The molecule has 1 aliphatic rings. The number of hydrogen-bond donors (Lipinski definition) is 2. The molecule has 6 heteroatoms. The van der Waals surface area contributed by atoms with Crippen LogP contribution in [0.25, 0.3) is 0 Å². The summed E-state index contributed by atoms with van der Waals surface area (Å²) in [6.45, 7) is 4.17. The van der Waals surface area contributed by atoms with Crippen LogP contribution in [0.5, 0.6) is 0 Å². The first-order valence-electron chi connectivity index (χ1n) is 6.47. The summed E-state index contributed by atoms with van der Waals surface area (Å²) in [4.78, 5) is 11.3. The predicted octanol–water partition coefficient (Wildman–Crippen LogP) is 1.44. The second kappa shape index (κ2) is 5.18. The molecule has 1 saturated heterocycles. The second-order valence-electron chi connectivity index (χ2n) is 5.48. The lowest BCUT2D eigenvalue weighted by Crippen LogP contribution is -2.18. The fourth-order valence-electron chi connectivity index (χ4n) is 2.57. The smallest absolute Gasteiger partial charge is 0.307 e. The van der Waals surface area contributed by atoms with Crippen molar-refractivity contribution in [3.8, 4) is 0 Å². The van der Waals surface area contributed by atoms with E-state index in [-0.39, 0.29) is 6.04 Å². The van der Waals surface area contributed by atoms with E-state index in [0.717, 1.165) is 11.1 Å². The molecule has 0 amide bonds. The maximum Gasteiger partial charge on any atom is 0.307 e. The van der Waals surface area contributed by atoms with Gasteiger partial charge in [-0.2, -0.15) is 0 Å². The number of nitrogens with one attached hydrogen (secondary N) is 1. The minimum absolute atomic E-state index is 0.222. The van der Waals surface area contributed by atoms with Gasteiger partial charge in [-0.3, -0.25) is 4.79 Å². The first kappa shape index (κ1) is 15.0. The van der Waals surface area contributed by atoms with Crippen molar-refractivity contribution < 1.29 is 18.3 Å². The Bertz CT molecular complexity index is 651. The third-order valence-corrected chi connectivity index (χ3v) is 5.03. The Kier molecular flexibility index (Phi) is 3.88. The summed E-state index contributed by atoms with van der Waals surface area (Å²) in [5, 5.41) is 12.2. The zero-order valence-corrected chi connectivity index (χ0v) is 12.6. The van der Waals surface area contributed by atoms with E-state index in [2.05, 4.69) is 5.32 Å². The first-order valence-corrected chi connectivity index (χ1v) is 8.36. The summed E-state index contributed by atoms with van der Waals surface area (Å²) in [5.74, 6) is -1.31. The molecular weight excluding hydrogens is 278 g/mol. The number of aryl methyl sites for hydroxylation is 2. The van der Waals surface area contributed by atoms with Crippen molar-refractivity contribution in [1.82, 2.24) is 5.32 Å². The number of carbonyl (C=O) groups is 1. The number of benzene rings is 1. The fourth-order valence-corrected chi connectivity index (χ4v) is 3.59. The van der Waals surface area contributed by atoms with Gasteiger partial charge in [0.2, 0.25) is 0 Å². The highest BCUT2D eigenvalue weighted by molar-refractivity contribution is 7.90. The predicted molar refractivity (Wildman–Crippen MR) is 75.5 cm³/mol. The van der Waals surface area contributed by atoms with Crippen molar-refractivity contribution in [2.24, 2.45) is 5.92 Å². The number of sulfone groups is 1. The van der Waals surface area contributed by atoms with Crippen molar-refractivity contribution in [1.29, 1.82) is 0 Å². The van der Waals surface area contributed by atoms with Crippen LogP contribution in [0, 0.1) is 19.8 Å². The Labute approximate surface area is 118 Å². The summed E-state index contributed by atoms with van der Waals surface area (Å²) in [6, 6.07) is 3.31. The molecule has 0 bridgehead atoms. The zero-order valence-electron chi connectivity index (χ0n) is 11.8. The van der Waals surface area contributed by atoms with E-state index >= 15 is 0 Å². The molecule has 1 heterocycles. The molecule has 5 nitrogen and oxygen atoms in total. The largest absolute Gasteiger partial charge is 0.481 e. The summed E-state index contributed by atoms with van der Waals surface area (Å²) < 4.78 is 23.9. The van der Waals surface area contributed by atoms with Crippen LogP contribution in [0.4, 0.5) is 0 Å².